The molecule has 0 aromatic carbocycles. The molecule has 4 N–H and O–H groups in total. The van der Waals surface area contributed by atoms with E-state index in [1.807, 2.05) is 0 Å². The van der Waals surface area contributed by atoms with Crippen LogP contribution in [0.4, 0.5) is 0 Å². The number of nitrogens with one attached hydrogen (secondary N) is 1. The number of aliphatic hydroxyl groups is 3. The quantitative estimate of drug-likeness (QED) is 0.0361. The Morgan fingerprint density at radius 1 is 0.362 bits per heavy atom. The van der Waals surface area contributed by atoms with Crippen LogP contribution in [-0.2, 0) is 4.79 Å². The van der Waals surface area contributed by atoms with Crippen LogP contribution < -0.4 is 5.32 Å². The fraction of sp³-hybridized carbons (Fsp3) is 0.859. The van der Waals surface area contributed by atoms with Crippen LogP contribution in [0.3, 0.4) is 0 Å². The van der Waals surface area contributed by atoms with Crippen LogP contribution in [0.5, 0.6) is 0 Å². The summed E-state index contributed by atoms with van der Waals surface area (Å²) in [6.07, 6.45) is 78.7. The van der Waals surface area contributed by atoms with Crippen LogP contribution in [0.25, 0.3) is 0 Å². The highest BCUT2D eigenvalue weighted by Gasteiger charge is 2.26. The predicted octanol–water partition coefficient (Wildman–Crippen LogP) is 19.6. The van der Waals surface area contributed by atoms with Gasteiger partial charge in [-0.15, -0.1) is 0 Å². The minimum Gasteiger partial charge on any atom is -0.394 e. The summed E-state index contributed by atoms with van der Waals surface area (Å²) in [6.45, 7) is 4.19. The van der Waals surface area contributed by atoms with Gasteiger partial charge in [0.15, 0.2) is 0 Å². The number of hydrogen-bond donors (Lipinski definition) is 4. The van der Waals surface area contributed by atoms with Gasteiger partial charge in [0.25, 0.3) is 0 Å². The van der Waals surface area contributed by atoms with Gasteiger partial charge in [0.1, 0.15) is 6.10 Å². The van der Waals surface area contributed by atoms with Gasteiger partial charge < -0.3 is 20.6 Å². The van der Waals surface area contributed by atoms with Crippen LogP contribution in [0.15, 0.2) is 48.6 Å². The summed E-state index contributed by atoms with van der Waals surface area (Å²) >= 11 is 0. The number of rotatable bonds is 57. The van der Waals surface area contributed by atoms with Crippen molar-refractivity contribution in [2.45, 2.75) is 347 Å². The van der Waals surface area contributed by atoms with E-state index in [1.165, 1.54) is 250 Å². The second-order valence-electron chi connectivity index (χ2n) is 21.2. The molecular formula is C64H121NO4. The smallest absolute Gasteiger partial charge is 0.220 e. The lowest BCUT2D eigenvalue weighted by atomic mass is 10.0. The zero-order valence-corrected chi connectivity index (χ0v) is 46.5. The fourth-order valence-electron chi connectivity index (χ4n) is 9.62. The number of carbonyl (C=O) groups is 1. The van der Waals surface area contributed by atoms with Crippen molar-refractivity contribution < 1.29 is 20.1 Å². The van der Waals surface area contributed by atoms with E-state index in [9.17, 15) is 20.1 Å². The zero-order chi connectivity index (χ0) is 50.0. The molecule has 0 aliphatic rings. The molecule has 0 spiro atoms. The Morgan fingerprint density at radius 2 is 0.638 bits per heavy atom. The topological polar surface area (TPSA) is 89.8 Å². The number of hydrogen-bond acceptors (Lipinski definition) is 4. The number of carbonyl (C=O) groups excluding carboxylic acids is 1. The molecule has 3 unspecified atom stereocenters. The van der Waals surface area contributed by atoms with Gasteiger partial charge in [-0.25, -0.2) is 0 Å². The molecule has 5 heteroatoms. The first-order valence-electron chi connectivity index (χ1n) is 30.9. The summed E-state index contributed by atoms with van der Waals surface area (Å²) in [5.41, 5.74) is 0. The van der Waals surface area contributed by atoms with Gasteiger partial charge in [-0.3, -0.25) is 4.79 Å². The van der Waals surface area contributed by atoms with Gasteiger partial charge in [0.05, 0.1) is 18.8 Å². The summed E-state index contributed by atoms with van der Waals surface area (Å²) in [5, 5.41) is 33.8. The number of aliphatic hydroxyl groups excluding tert-OH is 3. The second-order valence-corrected chi connectivity index (χ2v) is 21.2. The van der Waals surface area contributed by atoms with Crippen LogP contribution >= 0.6 is 0 Å². The molecule has 0 saturated carbocycles. The van der Waals surface area contributed by atoms with E-state index < -0.39 is 18.2 Å². The third-order valence-electron chi connectivity index (χ3n) is 14.4. The van der Waals surface area contributed by atoms with E-state index in [0.717, 1.165) is 51.4 Å². The van der Waals surface area contributed by atoms with Crippen molar-refractivity contribution in [1.82, 2.24) is 5.32 Å². The van der Waals surface area contributed by atoms with Crippen molar-refractivity contribution >= 4 is 5.91 Å². The van der Waals surface area contributed by atoms with Crippen molar-refractivity contribution in [3.05, 3.63) is 48.6 Å². The number of amides is 1. The molecule has 3 atom stereocenters. The van der Waals surface area contributed by atoms with E-state index in [2.05, 4.69) is 67.8 Å². The second kappa shape index (κ2) is 58.9. The molecule has 406 valence electrons. The minimum atomic E-state index is -1.17. The van der Waals surface area contributed by atoms with Crippen LogP contribution in [0.2, 0.25) is 0 Å². The van der Waals surface area contributed by atoms with Gasteiger partial charge in [0, 0.05) is 6.42 Å². The summed E-state index contributed by atoms with van der Waals surface area (Å²) in [5.74, 6) is -0.155. The largest absolute Gasteiger partial charge is 0.394 e. The highest BCUT2D eigenvalue weighted by atomic mass is 16.3. The van der Waals surface area contributed by atoms with E-state index in [-0.39, 0.29) is 12.5 Å². The number of unbranched alkanes of at least 4 members (excludes halogenated alkanes) is 41. The van der Waals surface area contributed by atoms with Crippen molar-refractivity contribution in [2.75, 3.05) is 6.61 Å². The molecule has 0 aliphatic heterocycles. The van der Waals surface area contributed by atoms with Gasteiger partial charge in [-0.2, -0.15) is 0 Å². The molecule has 0 heterocycles. The Morgan fingerprint density at radius 3 is 0.971 bits per heavy atom. The van der Waals surface area contributed by atoms with Crippen molar-refractivity contribution in [2.24, 2.45) is 0 Å². The summed E-state index contributed by atoms with van der Waals surface area (Å²) in [4.78, 5) is 12.5. The average molecular weight is 969 g/mol. The van der Waals surface area contributed by atoms with Gasteiger partial charge >= 0.3 is 0 Å². The Bertz CT molecular complexity index is 1110. The van der Waals surface area contributed by atoms with Gasteiger partial charge in [-0.1, -0.05) is 287 Å². The third kappa shape index (κ3) is 53.9. The van der Waals surface area contributed by atoms with E-state index in [1.54, 1.807) is 0 Å². The first-order valence-corrected chi connectivity index (χ1v) is 30.9. The molecule has 0 aromatic rings. The molecule has 0 rings (SSSR count). The van der Waals surface area contributed by atoms with Crippen LogP contribution in [0.1, 0.15) is 328 Å². The Hall–Kier alpha value is -1.69. The summed E-state index contributed by atoms with van der Waals surface area (Å²) in [6, 6.07) is -0.834. The maximum Gasteiger partial charge on any atom is 0.220 e. The lowest BCUT2D eigenvalue weighted by Gasteiger charge is -2.26. The van der Waals surface area contributed by atoms with Crippen LogP contribution in [-0.4, -0.2) is 46.1 Å². The molecule has 0 saturated heterocycles. The zero-order valence-electron chi connectivity index (χ0n) is 46.5. The predicted molar refractivity (Wildman–Crippen MR) is 305 cm³/mol. The molecule has 1 amide bonds. The first-order chi connectivity index (χ1) is 34.1. The maximum absolute atomic E-state index is 12.5. The molecule has 0 aliphatic carbocycles. The number of allylic oxidation sites excluding steroid dienone is 8. The maximum atomic E-state index is 12.5. The highest BCUT2D eigenvalue weighted by Crippen LogP contribution is 2.17. The van der Waals surface area contributed by atoms with Crippen molar-refractivity contribution in [1.29, 1.82) is 0 Å². The fourth-order valence-corrected chi connectivity index (χ4v) is 9.62. The van der Waals surface area contributed by atoms with E-state index >= 15 is 0 Å². The lowest BCUT2D eigenvalue weighted by Crippen LogP contribution is -2.50. The van der Waals surface area contributed by atoms with Gasteiger partial charge in [-0.05, 0) is 83.5 Å². The van der Waals surface area contributed by atoms with Crippen molar-refractivity contribution in [3.63, 3.8) is 0 Å². The standard InChI is InChI=1S/C64H121NO4/c1-3-5-7-9-11-13-15-17-19-21-23-25-26-27-28-29-30-31-32-33-34-35-36-37-38-39-41-43-45-47-49-51-53-55-57-59-63(68)65-61(60-66)64(69)62(67)58-56-54-52-50-48-46-44-42-40-24-22-20-18-16-14-12-10-8-6-4-2/h26-27,29-30,42,44,50,52,61-62,64,66-67,69H,3-25,28,31-41,43,45-49,51,53-60H2,1-2H3,(H,65,68)/b27-26-,30-29-,44-42+,52-50+. The molecule has 69 heavy (non-hydrogen) atoms. The summed E-state index contributed by atoms with van der Waals surface area (Å²) in [7, 11) is 0. The van der Waals surface area contributed by atoms with Crippen molar-refractivity contribution in [3.8, 4) is 0 Å². The molecule has 0 radical (unpaired) electrons. The highest BCUT2D eigenvalue weighted by molar-refractivity contribution is 5.76. The Kier molecular flexibility index (Phi) is 57.4. The average Bonchev–Trinajstić information content (AvgIpc) is 3.35. The van der Waals surface area contributed by atoms with Gasteiger partial charge in [0.2, 0.25) is 5.91 Å². The monoisotopic (exact) mass is 968 g/mol. The molecule has 0 bridgehead atoms. The van der Waals surface area contributed by atoms with Crippen LogP contribution in [0, 0.1) is 0 Å². The third-order valence-corrected chi connectivity index (χ3v) is 14.4. The SMILES string of the molecule is CCCCCCCCCCCCC/C=C\C/C=C\CCCCCCCCCCCCCCCCCCCC(=O)NC(CO)C(O)C(O)CCC/C=C/CC/C=C/CCCCCCCCCCCCC. The minimum absolute atomic E-state index is 0.155. The normalized spacial score (nSPS) is 13.5. The van der Waals surface area contributed by atoms with E-state index in [4.69, 9.17) is 0 Å². The molecule has 0 fully saturated rings. The lowest BCUT2D eigenvalue weighted by molar-refractivity contribution is -0.124. The first kappa shape index (κ1) is 67.3. The molecule has 5 nitrogen and oxygen atoms in total. The molecular weight excluding hydrogens is 847 g/mol. The Balaban J connectivity index is 3.53. The Labute approximate surface area is 431 Å². The molecule has 0 aromatic heterocycles. The van der Waals surface area contributed by atoms with E-state index in [0.29, 0.717) is 12.8 Å². The summed E-state index contributed by atoms with van der Waals surface area (Å²) < 4.78 is 0.